The first-order valence-corrected chi connectivity index (χ1v) is 7.12. The van der Waals surface area contributed by atoms with Gasteiger partial charge in [0, 0.05) is 21.7 Å². The standard InChI is InChI=1S/C15H17Cl2NO/c1-3-10(2)18-9-14-4-5-15(19-14)11-6-12(16)8-13(17)7-11/h4-8,10,18H,3,9H2,1-2H3. The first kappa shape index (κ1) is 14.4. The Hall–Kier alpha value is -0.960. The Kier molecular flexibility index (Phi) is 4.92. The molecule has 4 heteroatoms. The summed E-state index contributed by atoms with van der Waals surface area (Å²) in [4.78, 5) is 0. The van der Waals surface area contributed by atoms with Crippen LogP contribution in [0.5, 0.6) is 0 Å². The largest absolute Gasteiger partial charge is 0.460 e. The van der Waals surface area contributed by atoms with Crippen molar-refractivity contribution in [3.8, 4) is 11.3 Å². The second-order valence-electron chi connectivity index (χ2n) is 4.61. The Labute approximate surface area is 123 Å². The first-order valence-electron chi connectivity index (χ1n) is 6.37. The van der Waals surface area contributed by atoms with Crippen LogP contribution in [-0.2, 0) is 6.54 Å². The van der Waals surface area contributed by atoms with E-state index in [0.29, 0.717) is 16.1 Å². The highest BCUT2D eigenvalue weighted by molar-refractivity contribution is 6.35. The molecule has 0 aliphatic heterocycles. The Balaban J connectivity index is 2.12. The van der Waals surface area contributed by atoms with E-state index in [2.05, 4.69) is 19.2 Å². The quantitative estimate of drug-likeness (QED) is 0.826. The third-order valence-corrected chi connectivity index (χ3v) is 3.48. The van der Waals surface area contributed by atoms with Gasteiger partial charge < -0.3 is 9.73 Å². The number of halogens is 2. The summed E-state index contributed by atoms with van der Waals surface area (Å²) in [7, 11) is 0. The molecule has 1 atom stereocenters. The number of nitrogens with one attached hydrogen (secondary N) is 1. The van der Waals surface area contributed by atoms with Crippen molar-refractivity contribution in [1.29, 1.82) is 0 Å². The van der Waals surface area contributed by atoms with Gasteiger partial charge in [-0.3, -0.25) is 0 Å². The van der Waals surface area contributed by atoms with Crippen LogP contribution in [0.1, 0.15) is 26.0 Å². The summed E-state index contributed by atoms with van der Waals surface area (Å²) < 4.78 is 5.79. The molecule has 1 aromatic heterocycles. The molecule has 1 unspecified atom stereocenters. The van der Waals surface area contributed by atoms with Crippen LogP contribution in [0.3, 0.4) is 0 Å². The fraction of sp³-hybridized carbons (Fsp3) is 0.333. The molecule has 0 fully saturated rings. The Bertz CT molecular complexity index is 531. The summed E-state index contributed by atoms with van der Waals surface area (Å²) in [5.41, 5.74) is 0.896. The van der Waals surface area contributed by atoms with Gasteiger partial charge >= 0.3 is 0 Å². The molecule has 0 aliphatic carbocycles. The molecule has 0 saturated carbocycles. The monoisotopic (exact) mass is 297 g/mol. The highest BCUT2D eigenvalue weighted by Crippen LogP contribution is 2.28. The van der Waals surface area contributed by atoms with E-state index in [4.69, 9.17) is 27.6 Å². The van der Waals surface area contributed by atoms with E-state index < -0.39 is 0 Å². The number of hydrogen-bond donors (Lipinski definition) is 1. The zero-order valence-electron chi connectivity index (χ0n) is 11.0. The number of furan rings is 1. The molecule has 0 radical (unpaired) electrons. The molecule has 1 N–H and O–H groups in total. The van der Waals surface area contributed by atoms with E-state index in [9.17, 15) is 0 Å². The van der Waals surface area contributed by atoms with Gasteiger partial charge in [-0.15, -0.1) is 0 Å². The molecule has 0 spiro atoms. The van der Waals surface area contributed by atoms with Crippen LogP contribution in [0.15, 0.2) is 34.7 Å². The van der Waals surface area contributed by atoms with Crippen molar-refractivity contribution in [3.63, 3.8) is 0 Å². The minimum Gasteiger partial charge on any atom is -0.460 e. The van der Waals surface area contributed by atoms with Crippen molar-refractivity contribution in [2.24, 2.45) is 0 Å². The maximum atomic E-state index is 5.99. The zero-order chi connectivity index (χ0) is 13.8. The SMILES string of the molecule is CCC(C)NCc1ccc(-c2cc(Cl)cc(Cl)c2)o1. The molecule has 102 valence electrons. The van der Waals surface area contributed by atoms with Crippen LogP contribution in [0.25, 0.3) is 11.3 Å². The maximum absolute atomic E-state index is 5.99. The van der Waals surface area contributed by atoms with E-state index >= 15 is 0 Å². The lowest BCUT2D eigenvalue weighted by molar-refractivity contribution is 0.457. The van der Waals surface area contributed by atoms with Gasteiger partial charge in [0.15, 0.2) is 0 Å². The van der Waals surface area contributed by atoms with Crippen molar-refractivity contribution in [2.75, 3.05) is 0 Å². The summed E-state index contributed by atoms with van der Waals surface area (Å²) in [6.45, 7) is 5.03. The van der Waals surface area contributed by atoms with Gasteiger partial charge in [-0.05, 0) is 43.7 Å². The van der Waals surface area contributed by atoms with Gasteiger partial charge in [-0.2, -0.15) is 0 Å². The van der Waals surface area contributed by atoms with Gasteiger partial charge in [0.25, 0.3) is 0 Å². The van der Waals surface area contributed by atoms with E-state index in [1.807, 2.05) is 24.3 Å². The lowest BCUT2D eigenvalue weighted by atomic mass is 10.2. The molecule has 2 aromatic rings. The summed E-state index contributed by atoms with van der Waals surface area (Å²) in [5, 5.41) is 4.61. The van der Waals surface area contributed by atoms with Crippen LogP contribution in [0.4, 0.5) is 0 Å². The molecule has 0 aliphatic rings. The van der Waals surface area contributed by atoms with Crippen molar-refractivity contribution in [3.05, 3.63) is 46.1 Å². The molecule has 0 saturated heterocycles. The summed E-state index contributed by atoms with van der Waals surface area (Å²) in [6.07, 6.45) is 1.09. The van der Waals surface area contributed by atoms with Gasteiger partial charge in [-0.25, -0.2) is 0 Å². The van der Waals surface area contributed by atoms with Crippen LogP contribution in [0, 0.1) is 0 Å². The number of hydrogen-bond acceptors (Lipinski definition) is 2. The zero-order valence-corrected chi connectivity index (χ0v) is 12.6. The molecule has 1 aromatic carbocycles. The predicted octanol–water partition coefficient (Wildman–Crippen LogP) is 5.14. The second kappa shape index (κ2) is 6.47. The molecule has 1 heterocycles. The number of rotatable bonds is 5. The van der Waals surface area contributed by atoms with E-state index in [1.165, 1.54) is 0 Å². The van der Waals surface area contributed by atoms with Crippen LogP contribution in [-0.4, -0.2) is 6.04 Å². The lowest BCUT2D eigenvalue weighted by Gasteiger charge is -2.09. The highest BCUT2D eigenvalue weighted by Gasteiger charge is 2.07. The minimum atomic E-state index is 0.481. The van der Waals surface area contributed by atoms with Gasteiger partial charge in [0.2, 0.25) is 0 Å². The Morgan fingerprint density at radius 1 is 1.16 bits per heavy atom. The molecular formula is C15H17Cl2NO. The fourth-order valence-corrected chi connectivity index (χ4v) is 2.27. The third kappa shape index (κ3) is 4.00. The normalized spacial score (nSPS) is 12.6. The van der Waals surface area contributed by atoms with Crippen molar-refractivity contribution < 1.29 is 4.42 Å². The number of benzene rings is 1. The summed E-state index contributed by atoms with van der Waals surface area (Å²) >= 11 is 12.0. The second-order valence-corrected chi connectivity index (χ2v) is 5.49. The smallest absolute Gasteiger partial charge is 0.134 e. The third-order valence-electron chi connectivity index (χ3n) is 3.05. The maximum Gasteiger partial charge on any atom is 0.134 e. The van der Waals surface area contributed by atoms with Gasteiger partial charge in [-0.1, -0.05) is 30.1 Å². The average Bonchev–Trinajstić information content (AvgIpc) is 2.83. The molecule has 2 nitrogen and oxygen atoms in total. The fourth-order valence-electron chi connectivity index (χ4n) is 1.74. The highest BCUT2D eigenvalue weighted by atomic mass is 35.5. The predicted molar refractivity (Wildman–Crippen MR) is 80.8 cm³/mol. The van der Waals surface area contributed by atoms with Crippen LogP contribution >= 0.6 is 23.2 Å². The lowest BCUT2D eigenvalue weighted by Crippen LogP contribution is -2.24. The molecular weight excluding hydrogens is 281 g/mol. The molecule has 2 rings (SSSR count). The van der Waals surface area contributed by atoms with Gasteiger partial charge in [0.1, 0.15) is 11.5 Å². The van der Waals surface area contributed by atoms with E-state index in [-0.39, 0.29) is 0 Å². The Morgan fingerprint density at radius 2 is 1.84 bits per heavy atom. The molecule has 0 amide bonds. The van der Waals surface area contributed by atoms with Crippen molar-refractivity contribution >= 4 is 23.2 Å². The van der Waals surface area contributed by atoms with Crippen molar-refractivity contribution in [2.45, 2.75) is 32.9 Å². The van der Waals surface area contributed by atoms with E-state index in [1.54, 1.807) is 6.07 Å². The van der Waals surface area contributed by atoms with E-state index in [0.717, 1.165) is 30.0 Å². The summed E-state index contributed by atoms with van der Waals surface area (Å²) in [5.74, 6) is 1.69. The Morgan fingerprint density at radius 3 is 2.47 bits per heavy atom. The summed E-state index contributed by atoms with van der Waals surface area (Å²) in [6, 6.07) is 9.79. The average molecular weight is 298 g/mol. The van der Waals surface area contributed by atoms with Gasteiger partial charge in [0.05, 0.1) is 6.54 Å². The van der Waals surface area contributed by atoms with Crippen LogP contribution < -0.4 is 5.32 Å². The first-order chi connectivity index (χ1) is 9.08. The van der Waals surface area contributed by atoms with Crippen molar-refractivity contribution in [1.82, 2.24) is 5.32 Å². The molecule has 0 bridgehead atoms. The minimum absolute atomic E-state index is 0.481. The molecule has 19 heavy (non-hydrogen) atoms. The van der Waals surface area contributed by atoms with Crippen LogP contribution in [0.2, 0.25) is 10.0 Å². The topological polar surface area (TPSA) is 25.2 Å².